The largest absolute Gasteiger partial charge is 0.312 e. The fourth-order valence-electron chi connectivity index (χ4n) is 1.34. The fourth-order valence-corrected chi connectivity index (χ4v) is 1.34. The summed E-state index contributed by atoms with van der Waals surface area (Å²) in [6.45, 7) is 8.58. The molecule has 1 N–H and O–H groups in total. The zero-order valence-corrected chi connectivity index (χ0v) is 8.07. The van der Waals surface area contributed by atoms with E-state index in [1.54, 1.807) is 0 Å². The summed E-state index contributed by atoms with van der Waals surface area (Å²) in [4.78, 5) is 0. The summed E-state index contributed by atoms with van der Waals surface area (Å²) in [6, 6.07) is 0. The second kappa shape index (κ2) is 5.11. The van der Waals surface area contributed by atoms with Crippen LogP contribution in [0.1, 0.15) is 40.5 Å². The van der Waals surface area contributed by atoms with Crippen LogP contribution in [0.15, 0.2) is 11.1 Å². The number of rotatable bonds is 4. The molecule has 1 atom stereocenters. The van der Waals surface area contributed by atoms with Crippen LogP contribution < -0.4 is 0 Å². The quantitative estimate of drug-likeness (QED) is 0.473. The molecule has 1 unspecified atom stereocenters. The van der Waals surface area contributed by atoms with Crippen molar-refractivity contribution in [2.24, 2.45) is 5.92 Å². The number of hydrogen-bond acceptors (Lipinski definition) is 1. The van der Waals surface area contributed by atoms with Gasteiger partial charge in [-0.25, -0.2) is 0 Å². The highest BCUT2D eigenvalue weighted by molar-refractivity contribution is 5.61. The third kappa shape index (κ3) is 2.87. The second-order valence-corrected chi connectivity index (χ2v) is 2.97. The molecule has 11 heavy (non-hydrogen) atoms. The molecule has 0 aromatic rings. The smallest absolute Gasteiger partial charge is 0.0119 e. The molecule has 0 saturated carbocycles. The lowest BCUT2D eigenvalue weighted by molar-refractivity contribution is 0.823. The maximum Gasteiger partial charge on any atom is 0.0119 e. The molecule has 0 heterocycles. The zero-order chi connectivity index (χ0) is 8.85. The summed E-state index contributed by atoms with van der Waals surface area (Å²) in [5, 5.41) is 7.15. The Morgan fingerprint density at radius 3 is 2.18 bits per heavy atom. The van der Waals surface area contributed by atoms with E-state index in [4.69, 9.17) is 5.41 Å². The Bertz CT molecular complexity index is 156. The van der Waals surface area contributed by atoms with Gasteiger partial charge in [-0.2, -0.15) is 0 Å². The first-order valence-corrected chi connectivity index (χ1v) is 4.36. The van der Waals surface area contributed by atoms with Gasteiger partial charge in [0.25, 0.3) is 0 Å². The first-order chi connectivity index (χ1) is 5.17. The van der Waals surface area contributed by atoms with Crippen molar-refractivity contribution in [2.45, 2.75) is 40.5 Å². The lowest BCUT2D eigenvalue weighted by atomic mass is 9.94. The van der Waals surface area contributed by atoms with Crippen molar-refractivity contribution in [3.05, 3.63) is 11.1 Å². The Morgan fingerprint density at radius 2 is 1.91 bits per heavy atom. The van der Waals surface area contributed by atoms with Crippen molar-refractivity contribution in [2.75, 3.05) is 0 Å². The van der Waals surface area contributed by atoms with Crippen LogP contribution in [0.4, 0.5) is 0 Å². The van der Waals surface area contributed by atoms with E-state index in [-0.39, 0.29) is 0 Å². The maximum atomic E-state index is 7.15. The SMILES string of the molecule is CC/C(C)=C(/CC)C(C)C=N. The van der Waals surface area contributed by atoms with Gasteiger partial charge in [-0.05, 0) is 19.8 Å². The monoisotopic (exact) mass is 153 g/mol. The van der Waals surface area contributed by atoms with E-state index < -0.39 is 0 Å². The highest BCUT2D eigenvalue weighted by atomic mass is 14.3. The molecule has 0 radical (unpaired) electrons. The van der Waals surface area contributed by atoms with Crippen LogP contribution in [0.5, 0.6) is 0 Å². The average Bonchev–Trinajstić information content (AvgIpc) is 2.05. The van der Waals surface area contributed by atoms with Gasteiger partial charge in [0, 0.05) is 12.1 Å². The molecule has 0 aliphatic carbocycles. The predicted octanol–water partition coefficient (Wildman–Crippen LogP) is 3.41. The summed E-state index contributed by atoms with van der Waals surface area (Å²) in [5.74, 6) is 0.333. The van der Waals surface area contributed by atoms with Gasteiger partial charge in [0.15, 0.2) is 0 Å². The summed E-state index contributed by atoms with van der Waals surface area (Å²) >= 11 is 0. The first kappa shape index (κ1) is 10.4. The molecule has 0 rings (SSSR count). The standard InChI is InChI=1S/C10H19N/c1-5-8(3)10(6-2)9(4)7-11/h7,9,11H,5-6H2,1-4H3/b10-8-,11-7?. The highest BCUT2D eigenvalue weighted by Crippen LogP contribution is 2.18. The molecule has 0 saturated heterocycles. The van der Waals surface area contributed by atoms with Crippen molar-refractivity contribution in [3.63, 3.8) is 0 Å². The molecule has 0 amide bonds. The van der Waals surface area contributed by atoms with E-state index in [1.807, 2.05) is 0 Å². The van der Waals surface area contributed by atoms with Gasteiger partial charge in [-0.1, -0.05) is 31.9 Å². The van der Waals surface area contributed by atoms with E-state index >= 15 is 0 Å². The van der Waals surface area contributed by atoms with Gasteiger partial charge < -0.3 is 5.41 Å². The van der Waals surface area contributed by atoms with Crippen molar-refractivity contribution in [1.82, 2.24) is 0 Å². The summed E-state index contributed by atoms with van der Waals surface area (Å²) < 4.78 is 0. The van der Waals surface area contributed by atoms with Crippen LogP contribution in [-0.2, 0) is 0 Å². The van der Waals surface area contributed by atoms with Crippen molar-refractivity contribution in [3.8, 4) is 0 Å². The average molecular weight is 153 g/mol. The molecule has 0 spiro atoms. The van der Waals surface area contributed by atoms with E-state index in [0.717, 1.165) is 12.8 Å². The molecule has 1 heteroatoms. The molecule has 64 valence electrons. The Kier molecular flexibility index (Phi) is 4.84. The molecule has 0 fully saturated rings. The van der Waals surface area contributed by atoms with E-state index in [0.29, 0.717) is 5.92 Å². The predicted molar refractivity (Wildman–Crippen MR) is 51.2 cm³/mol. The minimum absolute atomic E-state index is 0.333. The van der Waals surface area contributed by atoms with Crippen LogP contribution in [0.3, 0.4) is 0 Å². The molecule has 1 nitrogen and oxygen atoms in total. The summed E-state index contributed by atoms with van der Waals surface area (Å²) in [7, 11) is 0. The van der Waals surface area contributed by atoms with Gasteiger partial charge in [0.2, 0.25) is 0 Å². The number of allylic oxidation sites excluding steroid dienone is 2. The molecular weight excluding hydrogens is 134 g/mol. The summed E-state index contributed by atoms with van der Waals surface area (Å²) in [6.07, 6.45) is 3.72. The maximum absolute atomic E-state index is 7.15. The van der Waals surface area contributed by atoms with E-state index in [9.17, 15) is 0 Å². The third-order valence-corrected chi connectivity index (χ3v) is 2.26. The van der Waals surface area contributed by atoms with Crippen LogP contribution >= 0.6 is 0 Å². The van der Waals surface area contributed by atoms with Crippen LogP contribution in [0.25, 0.3) is 0 Å². The normalized spacial score (nSPS) is 15.6. The van der Waals surface area contributed by atoms with Gasteiger partial charge in [-0.15, -0.1) is 0 Å². The lowest BCUT2D eigenvalue weighted by Gasteiger charge is -2.12. The van der Waals surface area contributed by atoms with Gasteiger partial charge >= 0.3 is 0 Å². The number of nitrogens with one attached hydrogen (secondary N) is 1. The molecule has 0 aliphatic rings. The van der Waals surface area contributed by atoms with Crippen LogP contribution in [-0.4, -0.2) is 6.21 Å². The van der Waals surface area contributed by atoms with Crippen LogP contribution in [0.2, 0.25) is 0 Å². The molecular formula is C10H19N. The highest BCUT2D eigenvalue weighted by Gasteiger charge is 2.05. The molecule has 0 aromatic carbocycles. The minimum Gasteiger partial charge on any atom is -0.312 e. The first-order valence-electron chi connectivity index (χ1n) is 4.36. The summed E-state index contributed by atoms with van der Waals surface area (Å²) in [5.41, 5.74) is 2.88. The Balaban J connectivity index is 4.49. The minimum atomic E-state index is 0.333. The van der Waals surface area contributed by atoms with Crippen molar-refractivity contribution in [1.29, 1.82) is 5.41 Å². The van der Waals surface area contributed by atoms with E-state index in [2.05, 4.69) is 27.7 Å². The zero-order valence-electron chi connectivity index (χ0n) is 8.07. The van der Waals surface area contributed by atoms with Gasteiger partial charge in [0.05, 0.1) is 0 Å². The van der Waals surface area contributed by atoms with Crippen molar-refractivity contribution < 1.29 is 0 Å². The number of hydrogen-bond donors (Lipinski definition) is 1. The van der Waals surface area contributed by atoms with Gasteiger partial charge in [0.1, 0.15) is 0 Å². The fraction of sp³-hybridized carbons (Fsp3) is 0.700. The Hall–Kier alpha value is -0.590. The van der Waals surface area contributed by atoms with E-state index in [1.165, 1.54) is 17.4 Å². The van der Waals surface area contributed by atoms with Crippen LogP contribution in [0, 0.1) is 11.3 Å². The Morgan fingerprint density at radius 1 is 1.36 bits per heavy atom. The van der Waals surface area contributed by atoms with Gasteiger partial charge in [-0.3, -0.25) is 0 Å². The van der Waals surface area contributed by atoms with Crippen molar-refractivity contribution >= 4 is 6.21 Å². The molecule has 0 aromatic heterocycles. The third-order valence-electron chi connectivity index (χ3n) is 2.26. The second-order valence-electron chi connectivity index (χ2n) is 2.97. The lowest BCUT2D eigenvalue weighted by Crippen LogP contribution is -2.01. The Labute approximate surface area is 70.0 Å². The topological polar surface area (TPSA) is 23.9 Å². The molecule has 0 aliphatic heterocycles. The molecule has 0 bridgehead atoms.